The second-order valence-electron chi connectivity index (χ2n) is 7.40. The number of halogens is 1. The molecule has 1 amide bonds. The van der Waals surface area contributed by atoms with Crippen molar-refractivity contribution in [1.29, 1.82) is 0 Å². The van der Waals surface area contributed by atoms with Crippen LogP contribution in [0.4, 0.5) is 17.3 Å². The Kier molecular flexibility index (Phi) is 7.58. The summed E-state index contributed by atoms with van der Waals surface area (Å²) in [6.45, 7) is 3.07. The Labute approximate surface area is 206 Å². The molecule has 0 aliphatic rings. The second kappa shape index (κ2) is 10.1. The number of rotatable bonds is 8. The molecule has 1 heterocycles. The van der Waals surface area contributed by atoms with Gasteiger partial charge in [0.15, 0.2) is 0 Å². The molecular weight excluding hydrogens is 546 g/mol. The normalized spacial score (nSPS) is 11.6. The van der Waals surface area contributed by atoms with Crippen molar-refractivity contribution in [3.8, 4) is 0 Å². The summed E-state index contributed by atoms with van der Waals surface area (Å²) in [5, 5.41) is 2.58. The minimum atomic E-state index is -3.94. The molecule has 0 radical (unpaired) electrons. The van der Waals surface area contributed by atoms with Gasteiger partial charge >= 0.3 is 0 Å². The number of carbonyl (C=O) groups excluding carboxylic acids is 1. The highest BCUT2D eigenvalue weighted by atomic mass is 79.9. The van der Waals surface area contributed by atoms with Crippen molar-refractivity contribution in [2.75, 3.05) is 27.1 Å². The summed E-state index contributed by atoms with van der Waals surface area (Å²) in [7, 11) is -7.67. The van der Waals surface area contributed by atoms with E-state index in [4.69, 9.17) is 0 Å². The van der Waals surface area contributed by atoms with Crippen molar-refractivity contribution >= 4 is 59.2 Å². The van der Waals surface area contributed by atoms with Crippen LogP contribution >= 0.6 is 15.9 Å². The molecule has 10 nitrogen and oxygen atoms in total. The molecule has 1 aromatic heterocycles. The van der Waals surface area contributed by atoms with Gasteiger partial charge in [-0.25, -0.2) is 31.5 Å². The van der Waals surface area contributed by atoms with E-state index in [0.29, 0.717) is 17.1 Å². The fourth-order valence-electron chi connectivity index (χ4n) is 2.91. The van der Waals surface area contributed by atoms with Crippen LogP contribution in [0.25, 0.3) is 0 Å². The molecule has 3 aromatic rings. The van der Waals surface area contributed by atoms with Crippen LogP contribution in [0.5, 0.6) is 0 Å². The first-order valence-corrected chi connectivity index (χ1v) is 13.9. The number of nitrogens with zero attached hydrogens (tertiary/aromatic N) is 3. The Bertz CT molecular complexity index is 1430. The maximum Gasteiger partial charge on any atom is 0.264 e. The predicted octanol–water partition coefficient (Wildman–Crippen LogP) is 3.06. The quantitative estimate of drug-likeness (QED) is 0.426. The molecule has 3 rings (SSSR count). The van der Waals surface area contributed by atoms with Crippen molar-refractivity contribution < 1.29 is 21.6 Å². The molecule has 0 aliphatic carbocycles. The van der Waals surface area contributed by atoms with Gasteiger partial charge in [0.1, 0.15) is 6.54 Å². The maximum absolute atomic E-state index is 12.6. The highest BCUT2D eigenvalue weighted by Gasteiger charge is 2.22. The smallest absolute Gasteiger partial charge is 0.264 e. The molecule has 0 saturated carbocycles. The zero-order valence-electron chi connectivity index (χ0n) is 18.5. The summed E-state index contributed by atoms with van der Waals surface area (Å²) >= 11 is 3.36. The number of carbonyl (C=O) groups is 1. The van der Waals surface area contributed by atoms with Crippen molar-refractivity contribution in [2.24, 2.45) is 0 Å². The maximum atomic E-state index is 12.6. The van der Waals surface area contributed by atoms with Gasteiger partial charge in [-0.1, -0.05) is 15.9 Å². The fraction of sp³-hybridized carbons (Fsp3) is 0.190. The standard InChI is InChI=1S/C21H22BrN5O5S2/c1-14-12-17(6-9-19(14)22)27(33(3,29)30)13-20(28)25-16-4-7-18(8-5-16)34(31,32)26-21-23-11-10-15(2)24-21/h4-12H,13H2,1-3H3,(H,25,28)(H,23,24,26). The summed E-state index contributed by atoms with van der Waals surface area (Å²) in [5.74, 6) is -0.644. The first-order chi connectivity index (χ1) is 15.8. The van der Waals surface area contributed by atoms with Gasteiger partial charge < -0.3 is 5.32 Å². The minimum absolute atomic E-state index is 0.0542. The summed E-state index contributed by atoms with van der Waals surface area (Å²) in [5.41, 5.74) is 2.07. The van der Waals surface area contributed by atoms with Gasteiger partial charge in [0.25, 0.3) is 10.0 Å². The number of benzene rings is 2. The van der Waals surface area contributed by atoms with E-state index in [1.54, 1.807) is 31.2 Å². The number of sulfonamides is 2. The molecule has 0 spiro atoms. The number of hydrogen-bond donors (Lipinski definition) is 2. The lowest BCUT2D eigenvalue weighted by molar-refractivity contribution is -0.114. The van der Waals surface area contributed by atoms with Crippen LogP contribution in [0.1, 0.15) is 11.3 Å². The monoisotopic (exact) mass is 567 g/mol. The SMILES string of the molecule is Cc1ccnc(NS(=O)(=O)c2ccc(NC(=O)CN(c3ccc(Br)c(C)c3)S(C)(=O)=O)cc2)n1. The number of nitrogens with one attached hydrogen (secondary N) is 2. The van der Waals surface area contributed by atoms with Gasteiger partial charge in [-0.05, 0) is 67.9 Å². The fourth-order valence-corrected chi connectivity index (χ4v) is 4.96. The van der Waals surface area contributed by atoms with Gasteiger partial charge in [0, 0.05) is 22.1 Å². The first kappa shape index (κ1) is 25.6. The third-order valence-corrected chi connectivity index (χ3v) is 7.96. The lowest BCUT2D eigenvalue weighted by Gasteiger charge is -2.22. The third kappa shape index (κ3) is 6.52. The lowest BCUT2D eigenvalue weighted by Crippen LogP contribution is -2.37. The molecular formula is C21H22BrN5O5S2. The highest BCUT2D eigenvalue weighted by molar-refractivity contribution is 9.10. The zero-order chi connectivity index (χ0) is 25.1. The molecule has 34 heavy (non-hydrogen) atoms. The van der Waals surface area contributed by atoms with Crippen LogP contribution in [0.3, 0.4) is 0 Å². The van der Waals surface area contributed by atoms with E-state index in [-0.39, 0.29) is 10.8 Å². The van der Waals surface area contributed by atoms with Crippen LogP contribution < -0.4 is 14.3 Å². The number of amides is 1. The number of aryl methyl sites for hydroxylation is 2. The van der Waals surface area contributed by atoms with E-state index in [9.17, 15) is 21.6 Å². The van der Waals surface area contributed by atoms with E-state index in [0.717, 1.165) is 20.6 Å². The van der Waals surface area contributed by atoms with E-state index in [1.807, 2.05) is 6.92 Å². The zero-order valence-corrected chi connectivity index (χ0v) is 21.7. The number of aromatic nitrogens is 2. The van der Waals surface area contributed by atoms with Crippen molar-refractivity contribution in [3.05, 3.63) is 70.5 Å². The van der Waals surface area contributed by atoms with Crippen molar-refractivity contribution in [2.45, 2.75) is 18.7 Å². The predicted molar refractivity (Wildman–Crippen MR) is 134 cm³/mol. The first-order valence-electron chi connectivity index (χ1n) is 9.81. The van der Waals surface area contributed by atoms with Crippen LogP contribution in [-0.2, 0) is 24.8 Å². The van der Waals surface area contributed by atoms with Gasteiger partial charge in [-0.15, -0.1) is 0 Å². The van der Waals surface area contributed by atoms with Crippen LogP contribution in [0.15, 0.2) is 64.1 Å². The second-order valence-corrected chi connectivity index (χ2v) is 11.8. The molecule has 0 saturated heterocycles. The van der Waals surface area contributed by atoms with E-state index in [2.05, 4.69) is 35.9 Å². The largest absolute Gasteiger partial charge is 0.325 e. The molecule has 2 aromatic carbocycles. The molecule has 0 aliphatic heterocycles. The van der Waals surface area contributed by atoms with Gasteiger partial charge in [0.2, 0.25) is 21.9 Å². The lowest BCUT2D eigenvalue weighted by atomic mass is 10.2. The molecule has 0 unspecified atom stereocenters. The Morgan fingerprint density at radius 2 is 1.71 bits per heavy atom. The molecule has 180 valence electrons. The van der Waals surface area contributed by atoms with E-state index < -0.39 is 32.5 Å². The van der Waals surface area contributed by atoms with Crippen LogP contribution in [0.2, 0.25) is 0 Å². The topological polar surface area (TPSA) is 138 Å². The van der Waals surface area contributed by atoms with Gasteiger partial charge in [0.05, 0.1) is 16.8 Å². The number of hydrogen-bond acceptors (Lipinski definition) is 7. The van der Waals surface area contributed by atoms with Crippen LogP contribution in [-0.4, -0.2) is 45.5 Å². The van der Waals surface area contributed by atoms with Crippen LogP contribution in [0, 0.1) is 13.8 Å². The molecule has 0 bridgehead atoms. The third-order valence-electron chi connectivity index (χ3n) is 4.59. The summed E-state index contributed by atoms with van der Waals surface area (Å²) in [6.07, 6.45) is 2.45. The Hall–Kier alpha value is -3.03. The molecule has 0 fully saturated rings. The molecule has 13 heteroatoms. The highest BCUT2D eigenvalue weighted by Crippen LogP contribution is 2.25. The number of anilines is 3. The summed E-state index contributed by atoms with van der Waals surface area (Å²) in [6, 6.07) is 12.0. The average molecular weight is 568 g/mol. The Balaban J connectivity index is 1.72. The Morgan fingerprint density at radius 1 is 1.03 bits per heavy atom. The van der Waals surface area contributed by atoms with Gasteiger partial charge in [-0.2, -0.15) is 0 Å². The van der Waals surface area contributed by atoms with Crippen molar-refractivity contribution in [3.63, 3.8) is 0 Å². The van der Waals surface area contributed by atoms with Crippen molar-refractivity contribution in [1.82, 2.24) is 9.97 Å². The molecule has 2 N–H and O–H groups in total. The van der Waals surface area contributed by atoms with E-state index in [1.165, 1.54) is 30.5 Å². The van der Waals surface area contributed by atoms with E-state index >= 15 is 0 Å². The Morgan fingerprint density at radius 3 is 2.29 bits per heavy atom. The minimum Gasteiger partial charge on any atom is -0.325 e. The van der Waals surface area contributed by atoms with Gasteiger partial charge in [-0.3, -0.25) is 9.10 Å². The summed E-state index contributed by atoms with van der Waals surface area (Å²) in [4.78, 5) is 20.4. The summed E-state index contributed by atoms with van der Waals surface area (Å²) < 4.78 is 53.8. The average Bonchev–Trinajstić information content (AvgIpc) is 2.73. The molecule has 0 atom stereocenters.